The Morgan fingerprint density at radius 3 is 2.44 bits per heavy atom. The van der Waals surface area contributed by atoms with Gasteiger partial charge in [0.2, 0.25) is 10.0 Å². The van der Waals surface area contributed by atoms with Crippen molar-refractivity contribution in [1.29, 1.82) is 0 Å². The first-order valence-corrected chi connectivity index (χ1v) is 12.8. The monoisotopic (exact) mass is 473 g/mol. The van der Waals surface area contributed by atoms with Crippen molar-refractivity contribution in [1.82, 2.24) is 9.29 Å². The zero-order valence-electron chi connectivity index (χ0n) is 17.5. The lowest BCUT2D eigenvalue weighted by Crippen LogP contribution is -2.35. The fourth-order valence-corrected chi connectivity index (χ4v) is 6.38. The Hall–Kier alpha value is -2.69. The normalized spacial score (nSPS) is 16.6. The van der Waals surface area contributed by atoms with E-state index in [1.165, 1.54) is 39.9 Å². The maximum Gasteiger partial charge on any atom is 0.257 e. The molecule has 1 amide bonds. The topological polar surface area (TPSA) is 97.8 Å². The van der Waals surface area contributed by atoms with Crippen LogP contribution in [0, 0.1) is 0 Å². The number of anilines is 1. The molecule has 32 heavy (non-hydrogen) atoms. The van der Waals surface area contributed by atoms with Crippen LogP contribution >= 0.6 is 11.3 Å². The van der Waals surface area contributed by atoms with Crippen molar-refractivity contribution in [2.75, 3.05) is 25.6 Å². The summed E-state index contributed by atoms with van der Waals surface area (Å²) in [6, 6.07) is 9.72. The smallest absolute Gasteiger partial charge is 0.257 e. The van der Waals surface area contributed by atoms with E-state index in [0.29, 0.717) is 40.9 Å². The number of nitrogens with zero attached hydrogens (tertiary/aromatic N) is 2. The van der Waals surface area contributed by atoms with Gasteiger partial charge in [0, 0.05) is 30.8 Å². The van der Waals surface area contributed by atoms with Crippen LogP contribution in [0.1, 0.15) is 36.0 Å². The summed E-state index contributed by atoms with van der Waals surface area (Å²) in [5, 5.41) is 3.24. The SMILES string of the molecule is CN(C1CCCC1)S(=O)(=O)c1ccc(C(=O)Nc2nc3cc4c(cc3s2)OCCO4)cc1. The molecular weight excluding hydrogens is 450 g/mol. The molecule has 1 fully saturated rings. The Morgan fingerprint density at radius 1 is 1.09 bits per heavy atom. The van der Waals surface area contributed by atoms with E-state index in [1.54, 1.807) is 13.1 Å². The van der Waals surface area contributed by atoms with Crippen LogP contribution in [0.4, 0.5) is 5.13 Å². The van der Waals surface area contributed by atoms with Crippen molar-refractivity contribution >= 4 is 42.6 Å². The first-order valence-electron chi connectivity index (χ1n) is 10.5. The number of nitrogens with one attached hydrogen (secondary N) is 1. The summed E-state index contributed by atoms with van der Waals surface area (Å²) >= 11 is 1.34. The molecule has 0 bridgehead atoms. The van der Waals surface area contributed by atoms with E-state index >= 15 is 0 Å². The number of sulfonamides is 1. The Bertz CT molecular complexity index is 1220. The van der Waals surface area contributed by atoms with E-state index in [2.05, 4.69) is 10.3 Å². The molecule has 2 aromatic carbocycles. The average Bonchev–Trinajstić information content (AvgIpc) is 3.46. The molecule has 1 aliphatic carbocycles. The van der Waals surface area contributed by atoms with Crippen molar-refractivity contribution in [3.63, 3.8) is 0 Å². The predicted octanol–water partition coefficient (Wildman–Crippen LogP) is 3.88. The first kappa shape index (κ1) is 21.2. The van der Waals surface area contributed by atoms with E-state index in [0.717, 1.165) is 30.4 Å². The highest BCUT2D eigenvalue weighted by molar-refractivity contribution is 7.89. The summed E-state index contributed by atoms with van der Waals surface area (Å²) in [6.45, 7) is 0.997. The highest BCUT2D eigenvalue weighted by atomic mass is 32.2. The van der Waals surface area contributed by atoms with Crippen LogP contribution in [0.25, 0.3) is 10.2 Å². The lowest BCUT2D eigenvalue weighted by atomic mass is 10.2. The van der Waals surface area contributed by atoms with Gasteiger partial charge in [0.15, 0.2) is 16.6 Å². The van der Waals surface area contributed by atoms with E-state index in [9.17, 15) is 13.2 Å². The second-order valence-electron chi connectivity index (χ2n) is 7.92. The summed E-state index contributed by atoms with van der Waals surface area (Å²) in [6.07, 6.45) is 3.88. The average molecular weight is 474 g/mol. The van der Waals surface area contributed by atoms with Crippen LogP contribution in [0.5, 0.6) is 11.5 Å². The second-order valence-corrected chi connectivity index (χ2v) is 10.9. The van der Waals surface area contributed by atoms with Crippen molar-refractivity contribution in [3.05, 3.63) is 42.0 Å². The van der Waals surface area contributed by atoms with Gasteiger partial charge in [-0.3, -0.25) is 10.1 Å². The van der Waals surface area contributed by atoms with Crippen LogP contribution in [-0.4, -0.2) is 49.9 Å². The number of rotatable bonds is 5. The third-order valence-electron chi connectivity index (χ3n) is 5.91. The molecule has 3 aromatic rings. The van der Waals surface area contributed by atoms with Gasteiger partial charge in [0.1, 0.15) is 13.2 Å². The Morgan fingerprint density at radius 2 is 1.75 bits per heavy atom. The number of aromatic nitrogens is 1. The van der Waals surface area contributed by atoms with Gasteiger partial charge in [0.05, 0.1) is 15.1 Å². The van der Waals surface area contributed by atoms with E-state index in [1.807, 2.05) is 6.07 Å². The third-order valence-corrected chi connectivity index (χ3v) is 8.76. The minimum Gasteiger partial charge on any atom is -0.486 e. The number of benzene rings is 2. The Labute approximate surface area is 190 Å². The molecule has 0 unspecified atom stereocenters. The largest absolute Gasteiger partial charge is 0.486 e. The number of hydrogen-bond acceptors (Lipinski definition) is 7. The molecule has 8 nitrogen and oxygen atoms in total. The zero-order valence-corrected chi connectivity index (χ0v) is 19.2. The number of hydrogen-bond donors (Lipinski definition) is 1. The summed E-state index contributed by atoms with van der Waals surface area (Å²) in [5.41, 5.74) is 1.07. The quantitative estimate of drug-likeness (QED) is 0.604. The third kappa shape index (κ3) is 3.94. The molecule has 2 heterocycles. The van der Waals surface area contributed by atoms with Crippen molar-refractivity contribution in [3.8, 4) is 11.5 Å². The van der Waals surface area contributed by atoms with E-state index < -0.39 is 10.0 Å². The van der Waals surface area contributed by atoms with Gasteiger partial charge in [0.25, 0.3) is 5.91 Å². The summed E-state index contributed by atoms with van der Waals surface area (Å²) in [5.74, 6) is 0.963. The molecule has 2 aliphatic rings. The fourth-order valence-electron chi connectivity index (χ4n) is 4.10. The van der Waals surface area contributed by atoms with Gasteiger partial charge < -0.3 is 9.47 Å². The molecule has 0 atom stereocenters. The first-order chi connectivity index (χ1) is 15.4. The maximum absolute atomic E-state index is 12.9. The van der Waals surface area contributed by atoms with Crippen LogP contribution < -0.4 is 14.8 Å². The highest BCUT2D eigenvalue weighted by Crippen LogP contribution is 2.38. The molecule has 10 heteroatoms. The molecule has 0 radical (unpaired) electrons. The van der Waals surface area contributed by atoms with Gasteiger partial charge in [-0.05, 0) is 37.1 Å². The number of fused-ring (bicyclic) bond motifs is 2. The van der Waals surface area contributed by atoms with Crippen molar-refractivity contribution in [2.24, 2.45) is 0 Å². The number of amides is 1. The number of thiazole rings is 1. The van der Waals surface area contributed by atoms with Crippen LogP contribution in [-0.2, 0) is 10.0 Å². The molecule has 1 N–H and O–H groups in total. The van der Waals surface area contributed by atoms with E-state index in [4.69, 9.17) is 9.47 Å². The van der Waals surface area contributed by atoms with Gasteiger partial charge in [-0.1, -0.05) is 24.2 Å². The summed E-state index contributed by atoms with van der Waals surface area (Å²) < 4.78 is 39.3. The molecule has 5 rings (SSSR count). The van der Waals surface area contributed by atoms with E-state index in [-0.39, 0.29) is 16.8 Å². The van der Waals surface area contributed by atoms with Gasteiger partial charge in [-0.15, -0.1) is 0 Å². The van der Waals surface area contributed by atoms with Crippen LogP contribution in [0.3, 0.4) is 0 Å². The molecule has 0 saturated heterocycles. The predicted molar refractivity (Wildman–Crippen MR) is 122 cm³/mol. The van der Waals surface area contributed by atoms with Gasteiger partial charge >= 0.3 is 0 Å². The van der Waals surface area contributed by atoms with Crippen molar-refractivity contribution < 1.29 is 22.7 Å². The van der Waals surface area contributed by atoms with Crippen LogP contribution in [0.15, 0.2) is 41.3 Å². The minimum absolute atomic E-state index is 0.0449. The zero-order chi connectivity index (χ0) is 22.3. The van der Waals surface area contributed by atoms with Gasteiger partial charge in [-0.25, -0.2) is 13.4 Å². The number of carbonyl (C=O) groups is 1. The molecule has 1 aromatic heterocycles. The highest BCUT2D eigenvalue weighted by Gasteiger charge is 2.30. The molecular formula is C22H23N3O5S2. The maximum atomic E-state index is 12.9. The van der Waals surface area contributed by atoms with Crippen LogP contribution in [0.2, 0.25) is 0 Å². The van der Waals surface area contributed by atoms with Crippen molar-refractivity contribution in [2.45, 2.75) is 36.6 Å². The molecule has 168 valence electrons. The molecule has 1 saturated carbocycles. The number of ether oxygens (including phenoxy) is 2. The molecule has 1 aliphatic heterocycles. The summed E-state index contributed by atoms with van der Waals surface area (Å²) in [7, 11) is -1.95. The number of carbonyl (C=O) groups excluding carboxylic acids is 1. The standard InChI is InChI=1S/C22H23N3O5S2/c1-25(15-4-2-3-5-15)32(27,28)16-8-6-14(7-9-16)21(26)24-22-23-17-12-18-19(13-20(17)31-22)30-11-10-29-18/h6-9,12-13,15H,2-5,10-11H2,1H3,(H,23,24,26). The summed E-state index contributed by atoms with van der Waals surface area (Å²) in [4.78, 5) is 17.3. The Kier molecular flexibility index (Phi) is 5.52. The lowest BCUT2D eigenvalue weighted by Gasteiger charge is -2.23. The van der Waals surface area contributed by atoms with Gasteiger partial charge in [-0.2, -0.15) is 4.31 Å². The minimum atomic E-state index is -3.58. The lowest BCUT2D eigenvalue weighted by molar-refractivity contribution is 0.102. The second kappa shape index (κ2) is 8.34. The fraction of sp³-hybridized carbons (Fsp3) is 0.364. The Balaban J connectivity index is 1.31. The molecule has 0 spiro atoms.